The van der Waals surface area contributed by atoms with Gasteiger partial charge in [-0.1, -0.05) is 0 Å². The zero-order valence-corrected chi connectivity index (χ0v) is 10.8. The van der Waals surface area contributed by atoms with E-state index in [-0.39, 0.29) is 23.0 Å². The summed E-state index contributed by atoms with van der Waals surface area (Å²) >= 11 is 0. The van der Waals surface area contributed by atoms with Crippen LogP contribution in [0.4, 0.5) is 0 Å². The summed E-state index contributed by atoms with van der Waals surface area (Å²) in [4.78, 5) is 10.5. The lowest BCUT2D eigenvalue weighted by Crippen LogP contribution is -2.41. The maximum absolute atomic E-state index is 12.0. The zero-order chi connectivity index (χ0) is 13.2. The maximum atomic E-state index is 12.0. The van der Waals surface area contributed by atoms with Crippen molar-refractivity contribution in [3.05, 3.63) is 17.9 Å². The van der Waals surface area contributed by atoms with E-state index in [4.69, 9.17) is 9.15 Å². The minimum absolute atomic E-state index is 0.00396. The van der Waals surface area contributed by atoms with E-state index >= 15 is 0 Å². The third kappa shape index (κ3) is 2.98. The number of hydrogen-bond acceptors (Lipinski definition) is 5. The van der Waals surface area contributed by atoms with Crippen molar-refractivity contribution >= 4 is 16.3 Å². The zero-order valence-electron chi connectivity index (χ0n) is 9.96. The van der Waals surface area contributed by atoms with E-state index in [2.05, 4.69) is 4.72 Å². The molecule has 18 heavy (non-hydrogen) atoms. The number of aldehydes is 1. The van der Waals surface area contributed by atoms with Crippen LogP contribution in [0.15, 0.2) is 21.6 Å². The third-order valence-electron chi connectivity index (χ3n) is 2.79. The monoisotopic (exact) mass is 273 g/mol. The number of carbonyl (C=O) groups is 1. The summed E-state index contributed by atoms with van der Waals surface area (Å²) in [6, 6.07) is 2.44. The average molecular weight is 273 g/mol. The van der Waals surface area contributed by atoms with Crippen LogP contribution in [-0.4, -0.2) is 33.5 Å². The molecule has 0 spiro atoms. The first-order valence-electron chi connectivity index (χ1n) is 5.70. The smallest absolute Gasteiger partial charge is 0.274 e. The van der Waals surface area contributed by atoms with Gasteiger partial charge in [0.05, 0.1) is 6.10 Å². The van der Waals surface area contributed by atoms with Gasteiger partial charge < -0.3 is 9.15 Å². The van der Waals surface area contributed by atoms with Crippen LogP contribution in [0.5, 0.6) is 0 Å². The third-order valence-corrected chi connectivity index (χ3v) is 4.18. The van der Waals surface area contributed by atoms with E-state index in [1.807, 2.05) is 6.92 Å². The number of furan rings is 1. The number of ether oxygens (including phenoxy) is 1. The molecule has 0 amide bonds. The van der Waals surface area contributed by atoms with Crippen LogP contribution in [0.2, 0.25) is 0 Å². The van der Waals surface area contributed by atoms with Crippen LogP contribution in [0.25, 0.3) is 0 Å². The topological polar surface area (TPSA) is 85.6 Å². The Bertz CT molecular complexity index is 521. The second kappa shape index (κ2) is 5.21. The van der Waals surface area contributed by atoms with E-state index in [0.29, 0.717) is 25.7 Å². The predicted octanol–water partition coefficient (Wildman–Crippen LogP) is 0.938. The predicted molar refractivity (Wildman–Crippen MR) is 62.9 cm³/mol. The summed E-state index contributed by atoms with van der Waals surface area (Å²) in [7, 11) is -3.70. The largest absolute Gasteiger partial charge is 0.440 e. The highest BCUT2D eigenvalue weighted by Gasteiger charge is 2.26. The molecule has 6 nitrogen and oxygen atoms in total. The van der Waals surface area contributed by atoms with Gasteiger partial charge in [0.15, 0.2) is 12.0 Å². The van der Waals surface area contributed by atoms with Crippen molar-refractivity contribution in [3.8, 4) is 0 Å². The van der Waals surface area contributed by atoms with E-state index in [9.17, 15) is 13.2 Å². The van der Waals surface area contributed by atoms with Gasteiger partial charge in [-0.05, 0) is 31.9 Å². The first-order chi connectivity index (χ1) is 8.51. The molecule has 1 N–H and O–H groups in total. The molecule has 2 atom stereocenters. The molecular formula is C11H15NO5S. The molecule has 2 rings (SSSR count). The fourth-order valence-corrected chi connectivity index (χ4v) is 3.15. The van der Waals surface area contributed by atoms with Crippen LogP contribution >= 0.6 is 0 Å². The Hall–Kier alpha value is -1.18. The molecular weight excluding hydrogens is 258 g/mol. The fourth-order valence-electron chi connectivity index (χ4n) is 1.92. The molecule has 0 saturated carbocycles. The molecule has 0 aliphatic carbocycles. The Morgan fingerprint density at radius 2 is 2.22 bits per heavy atom. The molecule has 1 fully saturated rings. The molecule has 0 bridgehead atoms. The van der Waals surface area contributed by atoms with Crippen molar-refractivity contribution in [1.82, 2.24) is 4.72 Å². The Morgan fingerprint density at radius 1 is 1.44 bits per heavy atom. The number of sulfonamides is 1. The van der Waals surface area contributed by atoms with Gasteiger partial charge in [0.25, 0.3) is 10.0 Å². The molecule has 0 radical (unpaired) electrons. The van der Waals surface area contributed by atoms with Gasteiger partial charge in [-0.3, -0.25) is 4.79 Å². The SMILES string of the molecule is CC1CC(NS(=O)(=O)c2ccc(C=O)o2)CCO1. The Morgan fingerprint density at radius 3 is 2.83 bits per heavy atom. The number of carbonyl (C=O) groups excluding carboxylic acids is 1. The van der Waals surface area contributed by atoms with Gasteiger partial charge >= 0.3 is 0 Å². The van der Waals surface area contributed by atoms with Crippen molar-refractivity contribution in [2.75, 3.05) is 6.61 Å². The van der Waals surface area contributed by atoms with Crippen molar-refractivity contribution in [1.29, 1.82) is 0 Å². The minimum atomic E-state index is -3.70. The average Bonchev–Trinajstić information content (AvgIpc) is 2.77. The standard InChI is InChI=1S/C11H15NO5S/c1-8-6-9(4-5-16-8)12-18(14,15)11-3-2-10(7-13)17-11/h2-3,7-9,12H,4-6H2,1H3. The molecule has 1 aromatic rings. The van der Waals surface area contributed by atoms with Gasteiger partial charge in [0.1, 0.15) is 0 Å². The summed E-state index contributed by atoms with van der Waals surface area (Å²) in [5.74, 6) is -0.00396. The van der Waals surface area contributed by atoms with Gasteiger partial charge in [-0.15, -0.1) is 0 Å². The van der Waals surface area contributed by atoms with E-state index < -0.39 is 10.0 Å². The maximum Gasteiger partial charge on any atom is 0.274 e. The molecule has 0 aromatic carbocycles. The van der Waals surface area contributed by atoms with Crippen LogP contribution in [-0.2, 0) is 14.8 Å². The molecule has 1 saturated heterocycles. The van der Waals surface area contributed by atoms with Gasteiger partial charge in [-0.25, -0.2) is 13.1 Å². The molecule has 7 heteroatoms. The van der Waals surface area contributed by atoms with Gasteiger partial charge in [0, 0.05) is 12.6 Å². The lowest BCUT2D eigenvalue weighted by Gasteiger charge is -2.27. The van der Waals surface area contributed by atoms with Crippen molar-refractivity contribution in [2.24, 2.45) is 0 Å². The molecule has 1 aliphatic rings. The van der Waals surface area contributed by atoms with E-state index in [1.54, 1.807) is 0 Å². The fraction of sp³-hybridized carbons (Fsp3) is 0.545. The number of rotatable bonds is 4. The number of nitrogens with one attached hydrogen (secondary N) is 1. The van der Waals surface area contributed by atoms with Crippen molar-refractivity contribution in [3.63, 3.8) is 0 Å². The summed E-state index contributed by atoms with van der Waals surface area (Å²) in [6.45, 7) is 2.43. The molecule has 2 unspecified atom stereocenters. The van der Waals surface area contributed by atoms with Crippen molar-refractivity contribution in [2.45, 2.75) is 37.0 Å². The van der Waals surface area contributed by atoms with Crippen LogP contribution in [0.3, 0.4) is 0 Å². The first kappa shape index (κ1) is 13.3. The summed E-state index contributed by atoms with van der Waals surface area (Å²) in [5, 5.41) is -0.233. The van der Waals surface area contributed by atoms with Gasteiger partial charge in [0.2, 0.25) is 5.09 Å². The second-order valence-corrected chi connectivity index (χ2v) is 5.94. The molecule has 2 heterocycles. The molecule has 1 aliphatic heterocycles. The Labute approximate surface area is 105 Å². The number of hydrogen-bond donors (Lipinski definition) is 1. The summed E-state index contributed by atoms with van der Waals surface area (Å²) in [5.41, 5.74) is 0. The Kier molecular flexibility index (Phi) is 3.84. The highest BCUT2D eigenvalue weighted by atomic mass is 32.2. The van der Waals surface area contributed by atoms with Gasteiger partial charge in [-0.2, -0.15) is 0 Å². The second-order valence-electron chi connectivity index (χ2n) is 4.30. The summed E-state index contributed by atoms with van der Waals surface area (Å²) < 4.78 is 36.8. The van der Waals surface area contributed by atoms with Crippen molar-refractivity contribution < 1.29 is 22.4 Å². The molecule has 100 valence electrons. The summed E-state index contributed by atoms with van der Waals surface area (Å²) in [6.07, 6.45) is 1.76. The normalized spacial score (nSPS) is 24.9. The van der Waals surface area contributed by atoms with E-state index in [1.165, 1.54) is 12.1 Å². The molecule has 1 aromatic heterocycles. The van der Waals surface area contributed by atoms with Crippen LogP contribution < -0.4 is 4.72 Å². The highest BCUT2D eigenvalue weighted by Crippen LogP contribution is 2.18. The minimum Gasteiger partial charge on any atom is -0.440 e. The van der Waals surface area contributed by atoms with E-state index in [0.717, 1.165) is 0 Å². The Balaban J connectivity index is 2.09. The first-order valence-corrected chi connectivity index (χ1v) is 7.18. The highest BCUT2D eigenvalue weighted by molar-refractivity contribution is 7.89. The lowest BCUT2D eigenvalue weighted by atomic mass is 10.1. The van der Waals surface area contributed by atoms with Crippen LogP contribution in [0, 0.1) is 0 Å². The quantitative estimate of drug-likeness (QED) is 0.825. The lowest BCUT2D eigenvalue weighted by molar-refractivity contribution is 0.0172. The van der Waals surface area contributed by atoms with Crippen LogP contribution in [0.1, 0.15) is 30.3 Å².